The van der Waals surface area contributed by atoms with Crippen molar-refractivity contribution in [2.75, 3.05) is 0 Å². The van der Waals surface area contributed by atoms with Crippen molar-refractivity contribution in [2.24, 2.45) is 40.4 Å². The molecule has 0 saturated heterocycles. The number of carboxylic acid groups (broad SMARTS) is 1. The fourth-order valence-electron chi connectivity index (χ4n) is 9.48. The summed E-state index contributed by atoms with van der Waals surface area (Å²) in [6, 6.07) is -0.768. The van der Waals surface area contributed by atoms with Gasteiger partial charge in [-0.15, -0.1) is 0 Å². The van der Waals surface area contributed by atoms with Gasteiger partial charge in [0.15, 0.2) is 0 Å². The van der Waals surface area contributed by atoms with Crippen LogP contribution in [0.3, 0.4) is 0 Å². The minimum Gasteiger partial charge on any atom is -0.480 e. The number of hydrogen-bond donors (Lipinski definition) is 3. The number of carboxylic acids is 1. The second-order valence-corrected chi connectivity index (χ2v) is 13.1. The van der Waals surface area contributed by atoms with Gasteiger partial charge < -0.3 is 15.5 Å². The third-order valence-electron chi connectivity index (χ3n) is 11.6. The molecule has 0 aromatic rings. The molecule has 200 valence electrons. The van der Waals surface area contributed by atoms with E-state index in [1.807, 2.05) is 0 Å². The second-order valence-electron chi connectivity index (χ2n) is 13.1. The van der Waals surface area contributed by atoms with Gasteiger partial charge in [-0.3, -0.25) is 4.79 Å². The number of carbonyl (C=O) groups excluding carboxylic acids is 1. The molecule has 0 aliphatic heterocycles. The summed E-state index contributed by atoms with van der Waals surface area (Å²) in [5, 5.41) is 23.8. The summed E-state index contributed by atoms with van der Waals surface area (Å²) in [5.41, 5.74) is 0.400. The smallest absolute Gasteiger partial charge is 0.326 e. The Labute approximate surface area is 213 Å². The van der Waals surface area contributed by atoms with Crippen LogP contribution in [-0.2, 0) is 9.59 Å². The van der Waals surface area contributed by atoms with Crippen LogP contribution in [0, 0.1) is 40.4 Å². The fraction of sp³-hybridized carbons (Fsp3) is 0.933. The number of carbonyl (C=O) groups is 2. The van der Waals surface area contributed by atoms with Gasteiger partial charge in [0, 0.05) is 6.42 Å². The number of hydrogen-bond acceptors (Lipinski definition) is 3. The number of aliphatic hydroxyl groups excluding tert-OH is 1. The van der Waals surface area contributed by atoms with Crippen LogP contribution >= 0.6 is 0 Å². The molecule has 4 aliphatic rings. The second kappa shape index (κ2) is 11.1. The van der Waals surface area contributed by atoms with Crippen molar-refractivity contribution in [1.29, 1.82) is 0 Å². The molecule has 0 aromatic heterocycles. The lowest BCUT2D eigenvalue weighted by Gasteiger charge is -2.62. The van der Waals surface area contributed by atoms with Gasteiger partial charge in [0.2, 0.25) is 5.91 Å². The third-order valence-corrected chi connectivity index (χ3v) is 11.6. The van der Waals surface area contributed by atoms with E-state index in [4.69, 9.17) is 0 Å². The van der Waals surface area contributed by atoms with Crippen molar-refractivity contribution in [2.45, 2.75) is 136 Å². The predicted octanol–water partition coefficient (Wildman–Crippen LogP) is 6.33. The van der Waals surface area contributed by atoms with Crippen molar-refractivity contribution in [1.82, 2.24) is 5.32 Å². The first-order valence-corrected chi connectivity index (χ1v) is 14.9. The average molecular weight is 490 g/mol. The van der Waals surface area contributed by atoms with Crippen molar-refractivity contribution in [3.05, 3.63) is 0 Å². The van der Waals surface area contributed by atoms with E-state index in [1.165, 1.54) is 44.9 Å². The van der Waals surface area contributed by atoms with E-state index >= 15 is 0 Å². The summed E-state index contributed by atoms with van der Waals surface area (Å²) < 4.78 is 0. The normalized spacial score (nSPS) is 41.4. The van der Waals surface area contributed by atoms with Crippen LogP contribution in [0.1, 0.15) is 124 Å². The molecule has 0 radical (unpaired) electrons. The Hall–Kier alpha value is -1.10. The highest BCUT2D eigenvalue weighted by molar-refractivity contribution is 5.83. The number of fused-ring (bicyclic) bond motifs is 5. The molecule has 9 atom stereocenters. The lowest BCUT2D eigenvalue weighted by atomic mass is 9.44. The lowest BCUT2D eigenvalue weighted by Crippen LogP contribution is -2.57. The van der Waals surface area contributed by atoms with Gasteiger partial charge in [0.05, 0.1) is 6.10 Å². The third kappa shape index (κ3) is 5.18. The van der Waals surface area contributed by atoms with E-state index in [1.54, 1.807) is 0 Å². The molecular formula is C30H51NO4. The van der Waals surface area contributed by atoms with Gasteiger partial charge in [-0.2, -0.15) is 0 Å². The summed E-state index contributed by atoms with van der Waals surface area (Å²) >= 11 is 0. The molecule has 4 saturated carbocycles. The maximum absolute atomic E-state index is 12.5. The predicted molar refractivity (Wildman–Crippen MR) is 139 cm³/mol. The molecule has 3 N–H and O–H groups in total. The molecule has 4 fully saturated rings. The molecule has 0 heterocycles. The average Bonchev–Trinajstić information content (AvgIpc) is 3.16. The van der Waals surface area contributed by atoms with E-state index in [0.29, 0.717) is 36.0 Å². The summed E-state index contributed by atoms with van der Waals surface area (Å²) in [4.78, 5) is 24.1. The van der Waals surface area contributed by atoms with E-state index in [9.17, 15) is 19.8 Å². The molecule has 4 aliphatic carbocycles. The van der Waals surface area contributed by atoms with Crippen LogP contribution in [0.2, 0.25) is 0 Å². The highest BCUT2D eigenvalue weighted by Gasteiger charge is 2.62. The maximum atomic E-state index is 12.5. The number of aliphatic hydroxyl groups is 1. The Bertz CT molecular complexity index is 755. The zero-order valence-corrected chi connectivity index (χ0v) is 22.6. The fourth-order valence-corrected chi connectivity index (χ4v) is 9.48. The summed E-state index contributed by atoms with van der Waals surface area (Å²) in [7, 11) is 0. The zero-order valence-electron chi connectivity index (χ0n) is 22.6. The molecule has 4 rings (SSSR count). The molecule has 5 nitrogen and oxygen atoms in total. The number of rotatable bonds is 10. The summed E-state index contributed by atoms with van der Waals surface area (Å²) in [6.07, 6.45) is 16.8. The van der Waals surface area contributed by atoms with E-state index < -0.39 is 12.0 Å². The largest absolute Gasteiger partial charge is 0.480 e. The summed E-state index contributed by atoms with van der Waals surface area (Å²) in [5.74, 6) is 2.32. The maximum Gasteiger partial charge on any atom is 0.326 e. The Balaban J connectivity index is 1.33. The van der Waals surface area contributed by atoms with Crippen LogP contribution in [-0.4, -0.2) is 34.2 Å². The van der Waals surface area contributed by atoms with Gasteiger partial charge in [0.1, 0.15) is 6.04 Å². The first-order valence-electron chi connectivity index (χ1n) is 14.9. The van der Waals surface area contributed by atoms with Crippen molar-refractivity contribution in [3.8, 4) is 0 Å². The molecule has 35 heavy (non-hydrogen) atoms. The molecular weight excluding hydrogens is 438 g/mol. The Morgan fingerprint density at radius 3 is 2.54 bits per heavy atom. The SMILES string of the molecule is CCCCCC(NC(=O)CCCC1CCC2C3CCC4CCCCC4(C)C3CC(O)C12C)C(=O)O. The number of aliphatic carboxylic acids is 1. The van der Waals surface area contributed by atoms with Crippen LogP contribution in [0.25, 0.3) is 0 Å². The van der Waals surface area contributed by atoms with Crippen molar-refractivity contribution >= 4 is 11.9 Å². The van der Waals surface area contributed by atoms with Crippen LogP contribution in [0.5, 0.6) is 0 Å². The minimum atomic E-state index is -0.929. The Kier molecular flexibility index (Phi) is 8.55. The highest BCUT2D eigenvalue weighted by atomic mass is 16.4. The standard InChI is InChI=1S/C30H51NO4/c1-4-5-6-12-25(28(34)35)31-27(33)13-9-11-21-15-17-23-22-16-14-20-10-7-8-18-29(20,2)24(22)19-26(32)30(21,23)3/h20-26,32H,4-19H2,1-3H3,(H,31,33)(H,34,35). The molecule has 0 spiro atoms. The Morgan fingerprint density at radius 2 is 1.80 bits per heavy atom. The highest BCUT2D eigenvalue weighted by Crippen LogP contribution is 2.67. The number of amides is 1. The van der Waals surface area contributed by atoms with Gasteiger partial charge >= 0.3 is 5.97 Å². The van der Waals surface area contributed by atoms with Crippen LogP contribution in [0.15, 0.2) is 0 Å². The van der Waals surface area contributed by atoms with E-state index in [-0.39, 0.29) is 17.4 Å². The van der Waals surface area contributed by atoms with E-state index in [0.717, 1.165) is 56.8 Å². The first kappa shape index (κ1) is 26.9. The zero-order chi connectivity index (χ0) is 25.2. The Morgan fingerprint density at radius 1 is 1.00 bits per heavy atom. The molecule has 0 aromatic carbocycles. The van der Waals surface area contributed by atoms with Gasteiger partial charge in [-0.1, -0.05) is 52.9 Å². The van der Waals surface area contributed by atoms with Crippen molar-refractivity contribution < 1.29 is 19.8 Å². The van der Waals surface area contributed by atoms with Crippen LogP contribution in [0.4, 0.5) is 0 Å². The molecule has 1 amide bonds. The lowest BCUT2D eigenvalue weighted by molar-refractivity contribution is -0.164. The monoisotopic (exact) mass is 489 g/mol. The first-order chi connectivity index (χ1) is 16.7. The van der Waals surface area contributed by atoms with Gasteiger partial charge in [-0.05, 0) is 105 Å². The van der Waals surface area contributed by atoms with Crippen molar-refractivity contribution in [3.63, 3.8) is 0 Å². The topological polar surface area (TPSA) is 86.6 Å². The quantitative estimate of drug-likeness (QED) is 0.313. The van der Waals surface area contributed by atoms with Gasteiger partial charge in [-0.25, -0.2) is 4.79 Å². The van der Waals surface area contributed by atoms with Crippen LogP contribution < -0.4 is 5.32 Å². The number of nitrogens with one attached hydrogen (secondary N) is 1. The van der Waals surface area contributed by atoms with Gasteiger partial charge in [0.25, 0.3) is 0 Å². The summed E-state index contributed by atoms with van der Waals surface area (Å²) in [6.45, 7) is 7.01. The molecule has 9 unspecified atom stereocenters. The van der Waals surface area contributed by atoms with E-state index in [2.05, 4.69) is 26.1 Å². The number of unbranched alkanes of at least 4 members (excludes halogenated alkanes) is 2. The minimum absolute atomic E-state index is 0.0285. The molecule has 0 bridgehead atoms. The molecule has 5 heteroatoms.